The van der Waals surface area contributed by atoms with Gasteiger partial charge >= 0.3 is 0 Å². The second-order valence-corrected chi connectivity index (χ2v) is 6.98. The van der Waals surface area contributed by atoms with Crippen LogP contribution < -0.4 is 0 Å². The molecular weight excluding hydrogens is 358 g/mol. The van der Waals surface area contributed by atoms with Gasteiger partial charge in [0.15, 0.2) is 0 Å². The zero-order valence-corrected chi connectivity index (χ0v) is 13.8. The van der Waals surface area contributed by atoms with Crippen molar-refractivity contribution in [1.82, 2.24) is 4.90 Å². The third-order valence-electron chi connectivity index (χ3n) is 3.65. The first-order chi connectivity index (χ1) is 8.50. The van der Waals surface area contributed by atoms with Crippen LogP contribution in [-0.2, 0) is 0 Å². The third kappa shape index (κ3) is 2.80. The van der Waals surface area contributed by atoms with Crippen molar-refractivity contribution in [3.8, 4) is 0 Å². The lowest BCUT2D eigenvalue weighted by atomic mass is 9.98. The van der Waals surface area contributed by atoms with Gasteiger partial charge in [0.1, 0.15) is 0 Å². The van der Waals surface area contributed by atoms with Crippen LogP contribution in [-0.4, -0.2) is 28.7 Å². The fraction of sp³-hybridized carbons (Fsp3) is 0.500. The average molecular weight is 375 g/mol. The van der Waals surface area contributed by atoms with Gasteiger partial charge in [-0.25, -0.2) is 0 Å². The van der Waals surface area contributed by atoms with Gasteiger partial charge in [0.25, 0.3) is 5.91 Å². The molecule has 1 fully saturated rings. The number of rotatable bonds is 1. The summed E-state index contributed by atoms with van der Waals surface area (Å²) >= 11 is 7.14. The quantitative estimate of drug-likeness (QED) is 0.680. The van der Waals surface area contributed by atoms with Crippen molar-refractivity contribution < 1.29 is 4.79 Å². The zero-order valence-electron chi connectivity index (χ0n) is 10.6. The Bertz CT molecular complexity index is 461. The molecule has 2 unspecified atom stereocenters. The zero-order chi connectivity index (χ0) is 13.3. The molecule has 0 spiro atoms. The van der Waals surface area contributed by atoms with Gasteiger partial charge in [-0.15, -0.1) is 0 Å². The Kier molecular flexibility index (Phi) is 4.49. The second-order valence-electron chi connectivity index (χ2n) is 4.95. The van der Waals surface area contributed by atoms with Gasteiger partial charge in [0.05, 0.1) is 0 Å². The molecule has 2 rings (SSSR count). The lowest BCUT2D eigenvalue weighted by Crippen LogP contribution is -2.43. The number of benzene rings is 1. The highest BCUT2D eigenvalue weighted by Crippen LogP contribution is 2.26. The smallest absolute Gasteiger partial charge is 0.254 e. The van der Waals surface area contributed by atoms with Crippen LogP contribution in [0, 0.1) is 12.8 Å². The van der Waals surface area contributed by atoms with E-state index < -0.39 is 0 Å². The molecule has 2 atom stereocenters. The van der Waals surface area contributed by atoms with Crippen molar-refractivity contribution in [2.75, 3.05) is 13.1 Å². The van der Waals surface area contributed by atoms with E-state index in [-0.39, 0.29) is 5.91 Å². The number of halogens is 2. The van der Waals surface area contributed by atoms with Crippen molar-refractivity contribution >= 4 is 37.8 Å². The molecule has 1 aliphatic heterocycles. The van der Waals surface area contributed by atoms with Gasteiger partial charge in [0, 0.05) is 28.0 Å². The fourth-order valence-electron chi connectivity index (χ4n) is 2.22. The summed E-state index contributed by atoms with van der Waals surface area (Å²) < 4.78 is 0.995. The van der Waals surface area contributed by atoms with Gasteiger partial charge in [-0.3, -0.25) is 4.79 Å². The minimum atomic E-state index is 0.144. The summed E-state index contributed by atoms with van der Waals surface area (Å²) in [4.78, 5) is 14.9. The van der Waals surface area contributed by atoms with Crippen LogP contribution in [0.15, 0.2) is 22.7 Å². The lowest BCUT2D eigenvalue weighted by Gasteiger charge is -2.34. The van der Waals surface area contributed by atoms with Crippen LogP contribution in [0.2, 0.25) is 0 Å². The Balaban J connectivity index is 2.19. The average Bonchev–Trinajstić information content (AvgIpc) is 2.35. The van der Waals surface area contributed by atoms with E-state index in [0.717, 1.165) is 35.1 Å². The van der Waals surface area contributed by atoms with E-state index in [9.17, 15) is 4.79 Å². The van der Waals surface area contributed by atoms with Crippen LogP contribution in [0.4, 0.5) is 0 Å². The van der Waals surface area contributed by atoms with Gasteiger partial charge in [0.2, 0.25) is 0 Å². The highest BCUT2D eigenvalue weighted by Gasteiger charge is 2.28. The van der Waals surface area contributed by atoms with E-state index in [1.807, 2.05) is 30.0 Å². The number of piperidine rings is 1. The Morgan fingerprint density at radius 2 is 2.17 bits per heavy atom. The predicted octanol–water partition coefficient (Wildman–Crippen LogP) is 4.00. The molecule has 98 valence electrons. The van der Waals surface area contributed by atoms with Crippen LogP contribution in [0.3, 0.4) is 0 Å². The largest absolute Gasteiger partial charge is 0.337 e. The molecule has 4 heteroatoms. The van der Waals surface area contributed by atoms with E-state index >= 15 is 0 Å². The number of hydrogen-bond donors (Lipinski definition) is 0. The van der Waals surface area contributed by atoms with Crippen LogP contribution in [0.1, 0.15) is 29.3 Å². The summed E-state index contributed by atoms with van der Waals surface area (Å²) in [6.07, 6.45) is 1.06. The first-order valence-corrected chi connectivity index (χ1v) is 7.90. The van der Waals surface area contributed by atoms with Gasteiger partial charge in [-0.2, -0.15) is 0 Å². The van der Waals surface area contributed by atoms with Crippen molar-refractivity contribution in [2.24, 2.45) is 5.92 Å². The standard InChI is InChI=1S/C14H17Br2NO/c1-9-6-7-17(8-13(9)16)14(18)11-4-3-5-12(15)10(11)2/h3-5,9,13H,6-8H2,1-2H3. The SMILES string of the molecule is Cc1c(Br)cccc1C(=O)N1CCC(C)C(Br)C1. The Morgan fingerprint density at radius 1 is 1.44 bits per heavy atom. The monoisotopic (exact) mass is 373 g/mol. The summed E-state index contributed by atoms with van der Waals surface area (Å²) in [5, 5.41) is 0. The number of nitrogens with zero attached hydrogens (tertiary/aromatic N) is 1. The number of hydrogen-bond acceptors (Lipinski definition) is 1. The number of carbonyl (C=O) groups is 1. The topological polar surface area (TPSA) is 20.3 Å². The van der Waals surface area contributed by atoms with E-state index in [1.165, 1.54) is 0 Å². The molecular formula is C14H17Br2NO. The Hall–Kier alpha value is -0.350. The fourth-order valence-corrected chi connectivity index (χ4v) is 3.20. The predicted molar refractivity (Wildman–Crippen MR) is 81.3 cm³/mol. The van der Waals surface area contributed by atoms with E-state index in [1.54, 1.807) is 0 Å². The molecule has 1 aromatic carbocycles. The number of carbonyl (C=O) groups excluding carboxylic acids is 1. The highest BCUT2D eigenvalue weighted by atomic mass is 79.9. The van der Waals surface area contributed by atoms with Crippen molar-refractivity contribution in [3.63, 3.8) is 0 Å². The van der Waals surface area contributed by atoms with Gasteiger partial charge in [-0.05, 0) is 37.0 Å². The molecule has 2 nitrogen and oxygen atoms in total. The number of likely N-dealkylation sites (tertiary alicyclic amines) is 1. The maximum Gasteiger partial charge on any atom is 0.254 e. The minimum Gasteiger partial charge on any atom is -0.337 e. The van der Waals surface area contributed by atoms with Crippen molar-refractivity contribution in [3.05, 3.63) is 33.8 Å². The Morgan fingerprint density at radius 3 is 2.83 bits per heavy atom. The van der Waals surface area contributed by atoms with Crippen LogP contribution in [0.25, 0.3) is 0 Å². The molecule has 1 saturated heterocycles. The van der Waals surface area contributed by atoms with Crippen LogP contribution >= 0.6 is 31.9 Å². The minimum absolute atomic E-state index is 0.144. The molecule has 0 bridgehead atoms. The number of amides is 1. The van der Waals surface area contributed by atoms with Gasteiger partial charge in [-0.1, -0.05) is 44.8 Å². The molecule has 18 heavy (non-hydrogen) atoms. The van der Waals surface area contributed by atoms with E-state index in [4.69, 9.17) is 0 Å². The number of alkyl halides is 1. The lowest BCUT2D eigenvalue weighted by molar-refractivity contribution is 0.0705. The summed E-state index contributed by atoms with van der Waals surface area (Å²) in [7, 11) is 0. The molecule has 1 aliphatic rings. The van der Waals surface area contributed by atoms with Crippen LogP contribution in [0.5, 0.6) is 0 Å². The summed E-state index contributed by atoms with van der Waals surface area (Å²) in [5.41, 5.74) is 1.82. The molecule has 1 heterocycles. The van der Waals surface area contributed by atoms with Crippen molar-refractivity contribution in [1.29, 1.82) is 0 Å². The maximum atomic E-state index is 12.5. The molecule has 1 aromatic rings. The van der Waals surface area contributed by atoms with Gasteiger partial charge < -0.3 is 4.90 Å². The summed E-state index contributed by atoms with van der Waals surface area (Å²) in [5.74, 6) is 0.780. The first-order valence-electron chi connectivity index (χ1n) is 6.19. The highest BCUT2D eigenvalue weighted by molar-refractivity contribution is 9.10. The molecule has 0 aliphatic carbocycles. The van der Waals surface area contributed by atoms with E-state index in [2.05, 4.69) is 38.8 Å². The molecule has 0 aromatic heterocycles. The summed E-state index contributed by atoms with van der Waals surface area (Å²) in [6, 6.07) is 5.80. The first kappa shape index (κ1) is 14.1. The van der Waals surface area contributed by atoms with Crippen molar-refractivity contribution in [2.45, 2.75) is 25.1 Å². The normalized spacial score (nSPS) is 24.1. The summed E-state index contributed by atoms with van der Waals surface area (Å²) in [6.45, 7) is 5.86. The molecule has 1 amide bonds. The Labute approximate surface area is 125 Å². The maximum absolute atomic E-state index is 12.5. The molecule has 0 N–H and O–H groups in total. The van der Waals surface area contributed by atoms with E-state index in [0.29, 0.717) is 10.7 Å². The second kappa shape index (κ2) is 5.74. The molecule has 0 radical (unpaired) electrons. The third-order valence-corrected chi connectivity index (χ3v) is 5.70. The molecule has 0 saturated carbocycles.